The molecule has 158 valence electrons. The van der Waals surface area contributed by atoms with Gasteiger partial charge in [0, 0.05) is 13.1 Å². The Kier molecular flexibility index (Phi) is 9.41. The fraction of sp³-hybridized carbons (Fsp3) is 0.619. The highest BCUT2D eigenvalue weighted by atomic mass is 16.6. The summed E-state index contributed by atoms with van der Waals surface area (Å²) in [5.41, 5.74) is 0.316. The zero-order valence-corrected chi connectivity index (χ0v) is 17.5. The average Bonchev–Trinajstić information content (AvgIpc) is 2.52. The molecule has 0 fully saturated rings. The Morgan fingerprint density at radius 3 is 2.29 bits per heavy atom. The van der Waals surface area contributed by atoms with Crippen LogP contribution in [0.1, 0.15) is 46.6 Å². The van der Waals surface area contributed by atoms with Crippen LogP contribution < -0.4 is 5.32 Å². The number of hydrogen-bond acceptors (Lipinski definition) is 5. The number of carbonyl (C=O) groups is 2. The number of nitrogens with zero attached hydrogens (tertiary/aromatic N) is 1. The van der Waals surface area contributed by atoms with Gasteiger partial charge in [-0.15, -0.1) is 0 Å². The first kappa shape index (κ1) is 23.9. The summed E-state index contributed by atoms with van der Waals surface area (Å²) in [5.74, 6) is -0.736. The van der Waals surface area contributed by atoms with Crippen LogP contribution >= 0.6 is 0 Å². The highest BCUT2D eigenvalue weighted by Crippen LogP contribution is 2.14. The standard InChI is InChI=1S/C21H34N2O5/c1-15(2)11-17(22-20(27)28-21(3,4)5)18(24)13-23(14-19(25)26)12-16-9-7-6-8-10-16/h6-10,15,17-18,24H,11-14H2,1-5H3,(H,22,27)(H,25,26). The van der Waals surface area contributed by atoms with Crippen molar-refractivity contribution in [3.05, 3.63) is 35.9 Å². The third-order valence-electron chi connectivity index (χ3n) is 3.95. The number of rotatable bonds is 10. The zero-order chi connectivity index (χ0) is 21.3. The van der Waals surface area contributed by atoms with Gasteiger partial charge in [-0.1, -0.05) is 44.2 Å². The van der Waals surface area contributed by atoms with Crippen molar-refractivity contribution in [1.29, 1.82) is 0 Å². The van der Waals surface area contributed by atoms with Crippen LogP contribution in [0, 0.1) is 5.92 Å². The van der Waals surface area contributed by atoms with Gasteiger partial charge >= 0.3 is 12.1 Å². The molecule has 0 saturated carbocycles. The molecule has 1 rings (SSSR count). The molecular weight excluding hydrogens is 360 g/mol. The Morgan fingerprint density at radius 1 is 1.18 bits per heavy atom. The summed E-state index contributed by atoms with van der Waals surface area (Å²) in [5, 5.41) is 22.7. The van der Waals surface area contributed by atoms with E-state index in [2.05, 4.69) is 5.32 Å². The maximum Gasteiger partial charge on any atom is 0.407 e. The second kappa shape index (κ2) is 11.0. The summed E-state index contributed by atoms with van der Waals surface area (Å²) < 4.78 is 5.30. The maximum absolute atomic E-state index is 12.2. The lowest BCUT2D eigenvalue weighted by atomic mass is 9.98. The van der Waals surface area contributed by atoms with E-state index in [9.17, 15) is 19.8 Å². The molecule has 1 amide bonds. The van der Waals surface area contributed by atoms with Crippen LogP contribution in [-0.4, -0.2) is 58.0 Å². The summed E-state index contributed by atoms with van der Waals surface area (Å²) >= 11 is 0. The van der Waals surface area contributed by atoms with E-state index < -0.39 is 29.8 Å². The smallest absolute Gasteiger partial charge is 0.407 e. The minimum Gasteiger partial charge on any atom is -0.480 e. The monoisotopic (exact) mass is 394 g/mol. The number of nitrogens with one attached hydrogen (secondary N) is 1. The van der Waals surface area contributed by atoms with Crippen LogP contribution in [0.5, 0.6) is 0 Å². The first-order chi connectivity index (χ1) is 13.0. The Morgan fingerprint density at radius 2 is 1.79 bits per heavy atom. The summed E-state index contributed by atoms with van der Waals surface area (Å²) in [7, 11) is 0. The van der Waals surface area contributed by atoms with Crippen LogP contribution in [0.4, 0.5) is 4.79 Å². The van der Waals surface area contributed by atoms with E-state index >= 15 is 0 Å². The molecule has 0 aliphatic heterocycles. The number of carboxylic acids is 1. The van der Waals surface area contributed by atoms with E-state index in [1.165, 1.54) is 0 Å². The summed E-state index contributed by atoms with van der Waals surface area (Å²) in [6, 6.07) is 8.94. The number of benzene rings is 1. The maximum atomic E-state index is 12.2. The molecule has 7 heteroatoms. The number of aliphatic carboxylic acids is 1. The minimum absolute atomic E-state index is 0.119. The quantitative estimate of drug-likeness (QED) is 0.564. The minimum atomic E-state index is -0.969. The Labute approximate surface area is 167 Å². The SMILES string of the molecule is CC(C)CC(NC(=O)OC(C)(C)C)C(O)CN(CC(=O)O)Cc1ccccc1. The van der Waals surface area contributed by atoms with E-state index in [4.69, 9.17) is 4.74 Å². The van der Waals surface area contributed by atoms with Crippen molar-refractivity contribution in [2.24, 2.45) is 5.92 Å². The molecule has 0 spiro atoms. The summed E-state index contributed by atoms with van der Waals surface area (Å²) in [6.45, 7) is 9.62. The van der Waals surface area contributed by atoms with Crippen LogP contribution in [0.25, 0.3) is 0 Å². The van der Waals surface area contributed by atoms with Crippen molar-refractivity contribution in [2.75, 3.05) is 13.1 Å². The molecular formula is C21H34N2O5. The van der Waals surface area contributed by atoms with Crippen LogP contribution in [-0.2, 0) is 16.1 Å². The van der Waals surface area contributed by atoms with E-state index in [1.54, 1.807) is 25.7 Å². The third-order valence-corrected chi connectivity index (χ3v) is 3.95. The second-order valence-electron chi connectivity index (χ2n) is 8.50. The first-order valence-corrected chi connectivity index (χ1v) is 9.62. The number of carbonyl (C=O) groups excluding carboxylic acids is 1. The molecule has 2 unspecified atom stereocenters. The molecule has 28 heavy (non-hydrogen) atoms. The summed E-state index contributed by atoms with van der Waals surface area (Å²) in [6.07, 6.45) is -0.977. The van der Waals surface area contributed by atoms with Gasteiger partial charge in [-0.25, -0.2) is 4.79 Å². The molecule has 0 saturated heterocycles. The van der Waals surface area contributed by atoms with E-state index in [-0.39, 0.29) is 19.0 Å². The first-order valence-electron chi connectivity index (χ1n) is 9.62. The van der Waals surface area contributed by atoms with Crippen LogP contribution in [0.15, 0.2) is 30.3 Å². The molecule has 0 radical (unpaired) electrons. The Hall–Kier alpha value is -2.12. The molecule has 0 aliphatic carbocycles. The molecule has 3 N–H and O–H groups in total. The van der Waals surface area contributed by atoms with Crippen molar-refractivity contribution in [3.8, 4) is 0 Å². The number of aliphatic hydroxyl groups excluding tert-OH is 1. The molecule has 0 aromatic heterocycles. The topological polar surface area (TPSA) is 99.1 Å². The highest BCUT2D eigenvalue weighted by molar-refractivity contribution is 5.69. The molecule has 7 nitrogen and oxygen atoms in total. The molecule has 1 aromatic carbocycles. The second-order valence-corrected chi connectivity index (χ2v) is 8.50. The fourth-order valence-corrected chi connectivity index (χ4v) is 2.89. The van der Waals surface area contributed by atoms with Gasteiger partial charge in [0.25, 0.3) is 0 Å². The molecule has 0 heterocycles. The number of hydrogen-bond donors (Lipinski definition) is 3. The highest BCUT2D eigenvalue weighted by Gasteiger charge is 2.27. The zero-order valence-electron chi connectivity index (χ0n) is 17.5. The van der Waals surface area contributed by atoms with Crippen molar-refractivity contribution in [1.82, 2.24) is 10.2 Å². The van der Waals surface area contributed by atoms with Gasteiger partial charge in [-0.2, -0.15) is 0 Å². The lowest BCUT2D eigenvalue weighted by molar-refractivity contribution is -0.138. The average molecular weight is 395 g/mol. The predicted molar refractivity (Wildman–Crippen MR) is 108 cm³/mol. The van der Waals surface area contributed by atoms with Gasteiger partial charge in [-0.3, -0.25) is 9.69 Å². The lowest BCUT2D eigenvalue weighted by Gasteiger charge is -2.31. The van der Waals surface area contributed by atoms with Gasteiger partial charge in [-0.05, 0) is 38.7 Å². The van der Waals surface area contributed by atoms with Crippen LogP contribution in [0.2, 0.25) is 0 Å². The molecule has 1 aromatic rings. The van der Waals surface area contributed by atoms with E-state index in [1.807, 2.05) is 44.2 Å². The van der Waals surface area contributed by atoms with Crippen molar-refractivity contribution in [2.45, 2.75) is 65.3 Å². The van der Waals surface area contributed by atoms with Crippen LogP contribution in [0.3, 0.4) is 0 Å². The number of alkyl carbamates (subject to hydrolysis) is 1. The lowest BCUT2D eigenvalue weighted by Crippen LogP contribution is -2.50. The van der Waals surface area contributed by atoms with E-state index in [0.29, 0.717) is 13.0 Å². The fourth-order valence-electron chi connectivity index (χ4n) is 2.89. The predicted octanol–water partition coefficient (Wildman–Crippen LogP) is 2.87. The number of amides is 1. The Balaban J connectivity index is 2.83. The van der Waals surface area contributed by atoms with E-state index in [0.717, 1.165) is 5.56 Å². The van der Waals surface area contributed by atoms with Gasteiger partial charge in [0.05, 0.1) is 18.7 Å². The Bertz CT molecular complexity index is 613. The van der Waals surface area contributed by atoms with Crippen molar-refractivity contribution in [3.63, 3.8) is 0 Å². The number of carboxylic acid groups (broad SMARTS) is 1. The number of aliphatic hydroxyl groups is 1. The van der Waals surface area contributed by atoms with Gasteiger partial charge in [0.1, 0.15) is 5.60 Å². The largest absolute Gasteiger partial charge is 0.480 e. The van der Waals surface area contributed by atoms with Gasteiger partial charge < -0.3 is 20.3 Å². The molecule has 0 bridgehead atoms. The third kappa shape index (κ3) is 10.3. The van der Waals surface area contributed by atoms with Crippen molar-refractivity contribution >= 4 is 12.1 Å². The number of ether oxygens (including phenoxy) is 1. The molecule has 2 atom stereocenters. The van der Waals surface area contributed by atoms with Crippen molar-refractivity contribution < 1.29 is 24.5 Å². The summed E-state index contributed by atoms with van der Waals surface area (Å²) in [4.78, 5) is 25.1. The molecule has 0 aliphatic rings. The van der Waals surface area contributed by atoms with Gasteiger partial charge in [0.15, 0.2) is 0 Å². The van der Waals surface area contributed by atoms with Gasteiger partial charge in [0.2, 0.25) is 0 Å². The normalized spacial score (nSPS) is 14.0.